The van der Waals surface area contributed by atoms with E-state index in [2.05, 4.69) is 11.4 Å². The molecule has 37 heavy (non-hydrogen) atoms. The number of nitrogens with one attached hydrogen (secondary N) is 1. The van der Waals surface area contributed by atoms with Gasteiger partial charge in [0.1, 0.15) is 11.8 Å². The van der Waals surface area contributed by atoms with E-state index in [1.165, 1.54) is 0 Å². The van der Waals surface area contributed by atoms with Crippen LogP contribution in [0.15, 0.2) is 72.8 Å². The van der Waals surface area contributed by atoms with Gasteiger partial charge in [0.25, 0.3) is 5.91 Å². The summed E-state index contributed by atoms with van der Waals surface area (Å²) < 4.78 is 5.94. The first-order valence-corrected chi connectivity index (χ1v) is 13.3. The molecular weight excluding hydrogens is 484 g/mol. The van der Waals surface area contributed by atoms with Crippen LogP contribution < -0.4 is 10.1 Å². The molecule has 1 atom stereocenters. The molecule has 0 radical (unpaired) electrons. The van der Waals surface area contributed by atoms with E-state index in [1.54, 1.807) is 17.0 Å². The number of nitrogens with zero attached hydrogens (tertiary/aromatic N) is 1. The Hall–Kier alpha value is -3.31. The summed E-state index contributed by atoms with van der Waals surface area (Å²) in [6, 6.07) is 22.6. The minimum atomic E-state index is -0.672. The fourth-order valence-corrected chi connectivity index (χ4v) is 5.08. The van der Waals surface area contributed by atoms with E-state index in [-0.39, 0.29) is 31.0 Å². The smallest absolute Gasteiger partial charge is 0.261 e. The maximum Gasteiger partial charge on any atom is 0.261 e. The number of amides is 2. The Balaban J connectivity index is 1.61. The summed E-state index contributed by atoms with van der Waals surface area (Å²) >= 11 is 6.10. The van der Waals surface area contributed by atoms with E-state index >= 15 is 0 Å². The minimum absolute atomic E-state index is 0.121. The summed E-state index contributed by atoms with van der Waals surface area (Å²) in [5, 5.41) is 3.85. The van der Waals surface area contributed by atoms with Crippen molar-refractivity contribution in [2.75, 3.05) is 6.61 Å². The number of hydrogen-bond donors (Lipinski definition) is 1. The van der Waals surface area contributed by atoms with E-state index in [9.17, 15) is 9.59 Å². The molecule has 1 fully saturated rings. The molecule has 5 nitrogen and oxygen atoms in total. The summed E-state index contributed by atoms with van der Waals surface area (Å²) in [4.78, 5) is 29.1. The summed E-state index contributed by atoms with van der Waals surface area (Å²) in [7, 11) is 0. The van der Waals surface area contributed by atoms with Crippen LogP contribution in [0, 0.1) is 13.8 Å². The molecule has 0 aliphatic heterocycles. The summed E-state index contributed by atoms with van der Waals surface area (Å²) in [5.74, 6) is 0.286. The Morgan fingerprint density at radius 2 is 1.59 bits per heavy atom. The number of hydrogen-bond acceptors (Lipinski definition) is 3. The predicted octanol–water partition coefficient (Wildman–Crippen LogP) is 6.03. The Labute approximate surface area is 224 Å². The molecule has 0 saturated heterocycles. The van der Waals surface area contributed by atoms with Gasteiger partial charge in [-0.05, 0) is 73.2 Å². The number of carbonyl (C=O) groups is 2. The molecule has 4 rings (SSSR count). The molecule has 1 aliphatic rings. The molecule has 1 N–H and O–H groups in total. The molecule has 3 aromatic rings. The SMILES string of the molecule is Cc1cc(C)cc(OCC(=O)N(Cc2ccc(Cl)cc2)C(Cc2ccccc2)C(=O)NC2CCCC2)c1. The standard InChI is InChI=1S/C31H35ClN2O3/c1-22-16-23(2)18-28(17-22)37-21-30(35)34(20-25-12-14-26(32)15-13-25)29(19-24-8-4-3-5-9-24)31(36)33-27-10-6-7-11-27/h3-5,8-9,12-18,27,29H,6-7,10-11,19-21H2,1-2H3,(H,33,36). The molecule has 1 unspecified atom stereocenters. The highest BCUT2D eigenvalue weighted by molar-refractivity contribution is 6.30. The van der Waals surface area contributed by atoms with Crippen molar-refractivity contribution in [3.05, 3.63) is 100 Å². The Morgan fingerprint density at radius 1 is 0.946 bits per heavy atom. The average molecular weight is 519 g/mol. The maximum absolute atomic E-state index is 13.7. The lowest BCUT2D eigenvalue weighted by Gasteiger charge is -2.32. The minimum Gasteiger partial charge on any atom is -0.484 e. The van der Waals surface area contributed by atoms with Gasteiger partial charge in [-0.25, -0.2) is 0 Å². The number of halogens is 1. The van der Waals surface area contributed by atoms with Gasteiger partial charge in [-0.15, -0.1) is 0 Å². The molecule has 0 aromatic heterocycles. The van der Waals surface area contributed by atoms with E-state index in [1.807, 2.05) is 68.4 Å². The van der Waals surface area contributed by atoms with Crippen molar-refractivity contribution < 1.29 is 14.3 Å². The highest BCUT2D eigenvalue weighted by Crippen LogP contribution is 2.21. The van der Waals surface area contributed by atoms with Crippen molar-refractivity contribution in [1.29, 1.82) is 0 Å². The lowest BCUT2D eigenvalue weighted by Crippen LogP contribution is -2.53. The first-order valence-electron chi connectivity index (χ1n) is 13.0. The third kappa shape index (κ3) is 7.83. The number of carbonyl (C=O) groups excluding carboxylic acids is 2. The van der Waals surface area contributed by atoms with Crippen molar-refractivity contribution in [3.63, 3.8) is 0 Å². The van der Waals surface area contributed by atoms with Crippen LogP contribution in [0.2, 0.25) is 5.02 Å². The van der Waals surface area contributed by atoms with Gasteiger partial charge in [-0.2, -0.15) is 0 Å². The van der Waals surface area contributed by atoms with Gasteiger partial charge in [0.15, 0.2) is 6.61 Å². The molecule has 0 bridgehead atoms. The highest BCUT2D eigenvalue weighted by Gasteiger charge is 2.32. The summed E-state index contributed by atoms with van der Waals surface area (Å²) in [6.07, 6.45) is 4.61. The van der Waals surface area contributed by atoms with Crippen molar-refractivity contribution >= 4 is 23.4 Å². The average Bonchev–Trinajstić information content (AvgIpc) is 3.39. The van der Waals surface area contributed by atoms with Crippen LogP contribution in [0.3, 0.4) is 0 Å². The van der Waals surface area contributed by atoms with Crippen molar-refractivity contribution in [3.8, 4) is 5.75 Å². The van der Waals surface area contributed by atoms with Crippen LogP contribution in [0.25, 0.3) is 0 Å². The quantitative estimate of drug-likeness (QED) is 0.356. The Kier molecular flexibility index (Phi) is 9.24. The zero-order valence-corrected chi connectivity index (χ0v) is 22.3. The highest BCUT2D eigenvalue weighted by atomic mass is 35.5. The summed E-state index contributed by atoms with van der Waals surface area (Å²) in [6.45, 7) is 4.12. The third-order valence-electron chi connectivity index (χ3n) is 6.80. The van der Waals surface area contributed by atoms with Crippen LogP contribution in [-0.2, 0) is 22.6 Å². The van der Waals surface area contributed by atoms with E-state index in [4.69, 9.17) is 16.3 Å². The molecule has 194 valence electrons. The largest absolute Gasteiger partial charge is 0.484 e. The zero-order chi connectivity index (χ0) is 26.2. The van der Waals surface area contributed by atoms with E-state index in [0.717, 1.165) is 47.9 Å². The Morgan fingerprint density at radius 3 is 2.24 bits per heavy atom. The summed E-state index contributed by atoms with van der Waals surface area (Å²) in [5.41, 5.74) is 4.03. The monoisotopic (exact) mass is 518 g/mol. The van der Waals surface area contributed by atoms with Gasteiger partial charge >= 0.3 is 0 Å². The van der Waals surface area contributed by atoms with Crippen LogP contribution in [0.4, 0.5) is 0 Å². The molecule has 0 spiro atoms. The van der Waals surface area contributed by atoms with Gasteiger partial charge in [0.2, 0.25) is 5.91 Å². The van der Waals surface area contributed by atoms with Crippen molar-refractivity contribution in [2.45, 2.75) is 64.6 Å². The zero-order valence-electron chi connectivity index (χ0n) is 21.6. The van der Waals surface area contributed by atoms with Gasteiger partial charge < -0.3 is 15.0 Å². The molecule has 2 amide bonds. The molecule has 1 saturated carbocycles. The third-order valence-corrected chi connectivity index (χ3v) is 7.05. The fraction of sp³-hybridized carbons (Fsp3) is 0.355. The van der Waals surface area contributed by atoms with E-state index in [0.29, 0.717) is 17.2 Å². The van der Waals surface area contributed by atoms with Crippen LogP contribution in [0.1, 0.15) is 47.9 Å². The fourth-order valence-electron chi connectivity index (χ4n) is 4.95. The molecular formula is C31H35ClN2O3. The van der Waals surface area contributed by atoms with Gasteiger partial charge in [-0.3, -0.25) is 9.59 Å². The first-order chi connectivity index (χ1) is 17.9. The topological polar surface area (TPSA) is 58.6 Å². The van der Waals surface area contributed by atoms with Crippen LogP contribution in [-0.4, -0.2) is 35.4 Å². The van der Waals surface area contributed by atoms with Crippen molar-refractivity contribution in [2.24, 2.45) is 0 Å². The second-order valence-corrected chi connectivity index (χ2v) is 10.4. The normalized spacial score (nSPS) is 14.2. The lowest BCUT2D eigenvalue weighted by molar-refractivity contribution is -0.143. The number of rotatable bonds is 10. The second kappa shape index (κ2) is 12.8. The number of aryl methyl sites for hydroxylation is 2. The number of benzene rings is 3. The maximum atomic E-state index is 13.7. The molecule has 0 heterocycles. The predicted molar refractivity (Wildman–Crippen MR) is 148 cm³/mol. The molecule has 6 heteroatoms. The van der Waals surface area contributed by atoms with Gasteiger partial charge in [0.05, 0.1) is 0 Å². The number of ether oxygens (including phenoxy) is 1. The van der Waals surface area contributed by atoms with Gasteiger partial charge in [-0.1, -0.05) is 73.0 Å². The lowest BCUT2D eigenvalue weighted by atomic mass is 10.0. The Bertz CT molecular complexity index is 1170. The van der Waals surface area contributed by atoms with E-state index < -0.39 is 6.04 Å². The second-order valence-electron chi connectivity index (χ2n) is 9.96. The van der Waals surface area contributed by atoms with Gasteiger partial charge in [0, 0.05) is 24.0 Å². The molecule has 1 aliphatic carbocycles. The molecule has 3 aromatic carbocycles. The van der Waals surface area contributed by atoms with Crippen LogP contribution >= 0.6 is 11.6 Å². The van der Waals surface area contributed by atoms with Crippen LogP contribution in [0.5, 0.6) is 5.75 Å². The first kappa shape index (κ1) is 26.7. The van der Waals surface area contributed by atoms with Crippen molar-refractivity contribution in [1.82, 2.24) is 10.2 Å².